The van der Waals surface area contributed by atoms with Crippen LogP contribution in [0, 0.1) is 0 Å². The Balaban J connectivity index is 1.98. The molecule has 2 aliphatic heterocycles. The molecule has 4 atom stereocenters. The zero-order chi connectivity index (χ0) is 16.4. The van der Waals surface area contributed by atoms with Crippen LogP contribution in [-0.4, -0.2) is 39.8 Å². The van der Waals surface area contributed by atoms with Crippen LogP contribution in [0.3, 0.4) is 0 Å². The van der Waals surface area contributed by atoms with E-state index in [1.165, 1.54) is 6.54 Å². The molecule has 4 nitrogen and oxygen atoms in total. The Hall–Kier alpha value is -1.26. The van der Waals surface area contributed by atoms with Crippen LogP contribution >= 0.6 is 0 Å². The van der Waals surface area contributed by atoms with Gasteiger partial charge in [0.1, 0.15) is 11.5 Å². The van der Waals surface area contributed by atoms with E-state index in [2.05, 4.69) is 18.7 Å². The number of fused-ring (bicyclic) bond motifs is 1. The van der Waals surface area contributed by atoms with Gasteiger partial charge in [0.2, 0.25) is 0 Å². The van der Waals surface area contributed by atoms with Crippen molar-refractivity contribution < 1.29 is 10.2 Å². The second kappa shape index (κ2) is 4.62. The maximum Gasteiger partial charge on any atom is 0.119 e. The maximum absolute atomic E-state index is 10.6. The minimum absolute atomic E-state index is 0.0705. The summed E-state index contributed by atoms with van der Waals surface area (Å²) in [5, 5.41) is 21.1. The largest absolute Gasteiger partial charge is 0.508 e. The lowest BCUT2D eigenvalue weighted by Gasteiger charge is -2.34. The number of nitrogens with zero attached hydrogens (tertiary/aromatic N) is 1. The van der Waals surface area contributed by atoms with Gasteiger partial charge < -0.3 is 15.9 Å². The molecule has 0 radical (unpaired) electrons. The third-order valence-corrected chi connectivity index (χ3v) is 5.93. The number of hydrogen-bond donors (Lipinski definition) is 3. The van der Waals surface area contributed by atoms with Gasteiger partial charge in [0.25, 0.3) is 0 Å². The van der Waals surface area contributed by atoms with Crippen molar-refractivity contribution >= 4 is 0 Å². The minimum Gasteiger partial charge on any atom is -0.508 e. The molecule has 3 rings (SSSR count). The van der Waals surface area contributed by atoms with Crippen molar-refractivity contribution in [2.45, 2.75) is 70.0 Å². The number of nitrogens with two attached hydrogens (primary N) is 1. The number of aromatic hydroxyl groups is 2. The van der Waals surface area contributed by atoms with Crippen LogP contribution in [0.1, 0.15) is 52.2 Å². The van der Waals surface area contributed by atoms with E-state index in [9.17, 15) is 10.2 Å². The molecular weight excluding hydrogens is 276 g/mol. The smallest absolute Gasteiger partial charge is 0.119 e. The van der Waals surface area contributed by atoms with Gasteiger partial charge in [0.15, 0.2) is 0 Å². The van der Waals surface area contributed by atoms with Gasteiger partial charge in [-0.05, 0) is 18.6 Å². The Kier molecular flexibility index (Phi) is 3.28. The van der Waals surface area contributed by atoms with Crippen LogP contribution in [0.5, 0.6) is 11.5 Å². The molecule has 2 fully saturated rings. The number of phenols is 2. The van der Waals surface area contributed by atoms with Crippen molar-refractivity contribution in [1.29, 1.82) is 0 Å². The van der Waals surface area contributed by atoms with E-state index < -0.39 is 0 Å². The summed E-state index contributed by atoms with van der Waals surface area (Å²) in [6, 6.07) is 4.56. The first-order chi connectivity index (χ1) is 10.1. The molecule has 0 aliphatic carbocycles. The quantitative estimate of drug-likeness (QED) is 0.577. The predicted molar refractivity (Wildman–Crippen MR) is 88.4 cm³/mol. The fourth-order valence-electron chi connectivity index (χ4n) is 3.95. The molecule has 4 unspecified atom stereocenters. The molecule has 1 aromatic rings. The first-order valence-corrected chi connectivity index (χ1v) is 8.20. The highest BCUT2D eigenvalue weighted by Gasteiger charge is 2.67. The highest BCUT2D eigenvalue weighted by Crippen LogP contribution is 2.55. The van der Waals surface area contributed by atoms with Crippen molar-refractivity contribution in [2.24, 2.45) is 5.73 Å². The fraction of sp³-hybridized carbons (Fsp3) is 0.667. The number of hydrogen-bond acceptors (Lipinski definition) is 4. The molecule has 0 spiro atoms. The Labute approximate surface area is 132 Å². The second-order valence-corrected chi connectivity index (χ2v) is 8.05. The third-order valence-electron chi connectivity index (χ3n) is 5.93. The third kappa shape index (κ3) is 2.12. The highest BCUT2D eigenvalue weighted by atomic mass is 16.3. The van der Waals surface area contributed by atoms with E-state index >= 15 is 0 Å². The summed E-state index contributed by atoms with van der Waals surface area (Å²) in [7, 11) is 0. The van der Waals surface area contributed by atoms with E-state index in [1.807, 2.05) is 20.8 Å². The molecule has 0 bridgehead atoms. The van der Waals surface area contributed by atoms with Crippen molar-refractivity contribution in [1.82, 2.24) is 4.90 Å². The molecule has 122 valence electrons. The zero-order valence-electron chi connectivity index (χ0n) is 14.2. The summed E-state index contributed by atoms with van der Waals surface area (Å²) in [5.74, 6) is 0.501. The first kappa shape index (κ1) is 15.6. The first-order valence-electron chi connectivity index (χ1n) is 8.20. The SMILES string of the molecule is CCC(N)C(C)(C)c1cc(O)c(C(C)(C)C2C3CN32)cc1O. The van der Waals surface area contributed by atoms with Gasteiger partial charge in [-0.15, -0.1) is 0 Å². The summed E-state index contributed by atoms with van der Waals surface area (Å²) < 4.78 is 0. The number of rotatable bonds is 5. The Morgan fingerprint density at radius 1 is 1.18 bits per heavy atom. The van der Waals surface area contributed by atoms with E-state index in [0.29, 0.717) is 12.1 Å². The highest BCUT2D eigenvalue weighted by molar-refractivity contribution is 5.53. The van der Waals surface area contributed by atoms with Crippen LogP contribution in [0.15, 0.2) is 12.1 Å². The van der Waals surface area contributed by atoms with Crippen LogP contribution < -0.4 is 5.73 Å². The summed E-state index contributed by atoms with van der Waals surface area (Å²) >= 11 is 0. The van der Waals surface area contributed by atoms with Crippen LogP contribution in [0.2, 0.25) is 0 Å². The topological polar surface area (TPSA) is 69.5 Å². The van der Waals surface area contributed by atoms with Gasteiger partial charge in [0.05, 0.1) is 0 Å². The molecule has 4 N–H and O–H groups in total. The number of benzene rings is 1. The van der Waals surface area contributed by atoms with Gasteiger partial charge >= 0.3 is 0 Å². The zero-order valence-corrected chi connectivity index (χ0v) is 14.2. The average molecular weight is 304 g/mol. The fourth-order valence-corrected chi connectivity index (χ4v) is 3.95. The van der Waals surface area contributed by atoms with E-state index in [-0.39, 0.29) is 28.4 Å². The van der Waals surface area contributed by atoms with Crippen molar-refractivity contribution in [3.05, 3.63) is 23.3 Å². The molecule has 4 heteroatoms. The average Bonchev–Trinajstić information content (AvgIpc) is 3.29. The number of phenolic OH excluding ortho intramolecular Hbond substituents is 2. The summed E-state index contributed by atoms with van der Waals surface area (Å²) in [6.45, 7) is 11.5. The molecule has 2 aliphatic rings. The van der Waals surface area contributed by atoms with Crippen molar-refractivity contribution in [3.63, 3.8) is 0 Å². The molecule has 2 saturated heterocycles. The van der Waals surface area contributed by atoms with Gasteiger partial charge in [-0.1, -0.05) is 34.6 Å². The van der Waals surface area contributed by atoms with Gasteiger partial charge in [-0.25, -0.2) is 0 Å². The summed E-state index contributed by atoms with van der Waals surface area (Å²) in [5.41, 5.74) is 7.22. The van der Waals surface area contributed by atoms with Crippen LogP contribution in [0.4, 0.5) is 0 Å². The van der Waals surface area contributed by atoms with E-state index in [1.54, 1.807) is 12.1 Å². The summed E-state index contributed by atoms with van der Waals surface area (Å²) in [4.78, 5) is 2.40. The van der Waals surface area contributed by atoms with Gasteiger partial charge in [-0.3, -0.25) is 4.90 Å². The van der Waals surface area contributed by atoms with Crippen LogP contribution in [0.25, 0.3) is 0 Å². The van der Waals surface area contributed by atoms with Crippen molar-refractivity contribution in [2.75, 3.05) is 6.54 Å². The van der Waals surface area contributed by atoms with Crippen LogP contribution in [-0.2, 0) is 10.8 Å². The second-order valence-electron chi connectivity index (χ2n) is 8.05. The van der Waals surface area contributed by atoms with Gasteiger partial charge in [0, 0.05) is 46.6 Å². The monoisotopic (exact) mass is 304 g/mol. The normalized spacial score (nSPS) is 28.2. The molecule has 2 heterocycles. The van der Waals surface area contributed by atoms with Gasteiger partial charge in [-0.2, -0.15) is 0 Å². The lowest BCUT2D eigenvalue weighted by molar-refractivity contribution is 0.357. The molecule has 0 aromatic heterocycles. The molecular formula is C18H28N2O2. The van der Waals surface area contributed by atoms with E-state index in [0.717, 1.165) is 17.5 Å². The minimum atomic E-state index is -0.385. The van der Waals surface area contributed by atoms with E-state index in [4.69, 9.17) is 5.73 Å². The molecule has 22 heavy (non-hydrogen) atoms. The Bertz CT molecular complexity index is 562. The van der Waals surface area contributed by atoms with Crippen molar-refractivity contribution in [3.8, 4) is 11.5 Å². The predicted octanol–water partition coefficient (Wildman–Crippen LogP) is 2.46. The lowest BCUT2D eigenvalue weighted by atomic mass is 9.73. The Morgan fingerprint density at radius 2 is 1.68 bits per heavy atom. The summed E-state index contributed by atoms with van der Waals surface area (Å²) in [6.07, 6.45) is 0.819. The molecule has 1 aromatic carbocycles. The molecule has 0 saturated carbocycles. The maximum atomic E-state index is 10.6. The Morgan fingerprint density at radius 3 is 2.14 bits per heavy atom. The molecule has 0 amide bonds. The lowest BCUT2D eigenvalue weighted by Crippen LogP contribution is -2.40. The standard InChI is InChI=1S/C18H28N2O2/c1-6-15(19)17(2,3)10-7-14(22)11(8-13(10)21)18(4,5)16-12-9-20(12)16/h7-8,12,15-16,21-22H,6,9,19H2,1-5H3.